The molecule has 0 fully saturated rings. The Balaban J connectivity index is 1.35. The fourth-order valence-corrected chi connectivity index (χ4v) is 2.96. The highest BCUT2D eigenvalue weighted by Crippen LogP contribution is 2.21. The molecular formula is C16H13N7O2S. The van der Waals surface area contributed by atoms with Gasteiger partial charge in [-0.3, -0.25) is 4.79 Å². The molecular weight excluding hydrogens is 354 g/mol. The summed E-state index contributed by atoms with van der Waals surface area (Å²) in [6.07, 6.45) is 2.10. The molecule has 0 aliphatic heterocycles. The summed E-state index contributed by atoms with van der Waals surface area (Å²) in [6, 6.07) is 11.1. The summed E-state index contributed by atoms with van der Waals surface area (Å²) in [5, 5.41) is 19.7. The predicted molar refractivity (Wildman–Crippen MR) is 93.7 cm³/mol. The van der Waals surface area contributed by atoms with Gasteiger partial charge in [0, 0.05) is 18.5 Å². The van der Waals surface area contributed by atoms with Crippen molar-refractivity contribution in [3.8, 4) is 16.4 Å². The summed E-state index contributed by atoms with van der Waals surface area (Å²) in [4.78, 5) is 17.4. The Morgan fingerprint density at radius 1 is 1.27 bits per heavy atom. The maximum absolute atomic E-state index is 12.2. The average Bonchev–Trinajstić information content (AvgIpc) is 3.42. The van der Waals surface area contributed by atoms with Crippen LogP contribution in [0.1, 0.15) is 12.3 Å². The van der Waals surface area contributed by atoms with E-state index >= 15 is 0 Å². The molecule has 0 aliphatic carbocycles. The number of hydrogen-bond donors (Lipinski definition) is 1. The molecule has 0 saturated carbocycles. The van der Waals surface area contributed by atoms with Crippen LogP contribution in [0.25, 0.3) is 16.4 Å². The molecule has 0 radical (unpaired) electrons. The van der Waals surface area contributed by atoms with Crippen LogP contribution in [0.4, 0.5) is 5.69 Å². The Kier molecular flexibility index (Phi) is 4.48. The SMILES string of the molecule is O=C(CCc1nc(-c2cccs2)no1)Nc1cccc(-n2cnnn2)c1. The van der Waals surface area contributed by atoms with Crippen molar-refractivity contribution < 1.29 is 9.32 Å². The van der Waals surface area contributed by atoms with Crippen LogP contribution < -0.4 is 5.32 Å². The highest BCUT2D eigenvalue weighted by molar-refractivity contribution is 7.13. The summed E-state index contributed by atoms with van der Waals surface area (Å²) < 4.78 is 6.71. The van der Waals surface area contributed by atoms with Crippen LogP contribution >= 0.6 is 11.3 Å². The Morgan fingerprint density at radius 3 is 3.04 bits per heavy atom. The van der Waals surface area contributed by atoms with Crippen molar-refractivity contribution in [3.63, 3.8) is 0 Å². The van der Waals surface area contributed by atoms with E-state index in [1.807, 2.05) is 29.6 Å². The Bertz CT molecular complexity index is 995. The first-order valence-electron chi connectivity index (χ1n) is 7.78. The zero-order chi connectivity index (χ0) is 17.8. The minimum absolute atomic E-state index is 0.144. The second kappa shape index (κ2) is 7.23. The maximum atomic E-state index is 12.2. The van der Waals surface area contributed by atoms with E-state index in [1.54, 1.807) is 12.1 Å². The molecule has 0 atom stereocenters. The van der Waals surface area contributed by atoms with Crippen molar-refractivity contribution in [2.45, 2.75) is 12.8 Å². The van der Waals surface area contributed by atoms with Gasteiger partial charge in [0.2, 0.25) is 17.6 Å². The van der Waals surface area contributed by atoms with Crippen LogP contribution in [0.15, 0.2) is 52.6 Å². The smallest absolute Gasteiger partial charge is 0.227 e. The first-order valence-corrected chi connectivity index (χ1v) is 8.65. The summed E-state index contributed by atoms with van der Waals surface area (Å²) in [7, 11) is 0. The number of thiophene rings is 1. The third-order valence-electron chi connectivity index (χ3n) is 3.52. The second-order valence-corrected chi connectivity index (χ2v) is 6.29. The van der Waals surface area contributed by atoms with E-state index in [0.29, 0.717) is 23.8 Å². The number of nitrogens with one attached hydrogen (secondary N) is 1. The largest absolute Gasteiger partial charge is 0.339 e. The van der Waals surface area contributed by atoms with E-state index in [1.165, 1.54) is 22.3 Å². The highest BCUT2D eigenvalue weighted by Gasteiger charge is 2.11. The number of benzene rings is 1. The molecule has 10 heteroatoms. The van der Waals surface area contributed by atoms with Gasteiger partial charge in [-0.25, -0.2) is 4.68 Å². The summed E-state index contributed by atoms with van der Waals surface area (Å²) in [5.74, 6) is 0.838. The van der Waals surface area contributed by atoms with Crippen molar-refractivity contribution in [2.75, 3.05) is 5.32 Å². The van der Waals surface area contributed by atoms with E-state index in [-0.39, 0.29) is 12.3 Å². The number of anilines is 1. The minimum atomic E-state index is -0.144. The summed E-state index contributed by atoms with van der Waals surface area (Å²) in [5.41, 5.74) is 1.41. The van der Waals surface area contributed by atoms with Gasteiger partial charge in [-0.1, -0.05) is 17.3 Å². The lowest BCUT2D eigenvalue weighted by Gasteiger charge is -2.06. The van der Waals surface area contributed by atoms with E-state index in [0.717, 1.165) is 10.6 Å². The van der Waals surface area contributed by atoms with Gasteiger partial charge in [0.25, 0.3) is 0 Å². The van der Waals surface area contributed by atoms with Crippen molar-refractivity contribution in [2.24, 2.45) is 0 Å². The molecule has 26 heavy (non-hydrogen) atoms. The zero-order valence-corrected chi connectivity index (χ0v) is 14.3. The molecule has 130 valence electrons. The first-order chi connectivity index (χ1) is 12.8. The van der Waals surface area contributed by atoms with Crippen molar-refractivity contribution in [3.05, 3.63) is 54.0 Å². The topological polar surface area (TPSA) is 112 Å². The lowest BCUT2D eigenvalue weighted by Crippen LogP contribution is -2.12. The number of hydrogen-bond acceptors (Lipinski definition) is 8. The lowest BCUT2D eigenvalue weighted by atomic mass is 10.2. The molecule has 9 nitrogen and oxygen atoms in total. The number of tetrazole rings is 1. The van der Waals surface area contributed by atoms with E-state index in [9.17, 15) is 4.79 Å². The zero-order valence-electron chi connectivity index (χ0n) is 13.4. The summed E-state index contributed by atoms with van der Waals surface area (Å²) >= 11 is 1.54. The van der Waals surface area contributed by atoms with Gasteiger partial charge >= 0.3 is 0 Å². The van der Waals surface area contributed by atoms with Crippen LogP contribution in [-0.4, -0.2) is 36.3 Å². The first kappa shape index (κ1) is 16.1. The van der Waals surface area contributed by atoms with Gasteiger partial charge in [-0.2, -0.15) is 4.98 Å². The molecule has 0 aliphatic rings. The summed E-state index contributed by atoms with van der Waals surface area (Å²) in [6.45, 7) is 0. The van der Waals surface area contributed by atoms with E-state index in [4.69, 9.17) is 4.52 Å². The number of carbonyl (C=O) groups excluding carboxylic acids is 1. The average molecular weight is 367 g/mol. The molecule has 3 aromatic heterocycles. The maximum Gasteiger partial charge on any atom is 0.227 e. The molecule has 1 amide bonds. The number of aryl methyl sites for hydroxylation is 1. The number of amides is 1. The number of carbonyl (C=O) groups is 1. The normalized spacial score (nSPS) is 10.8. The molecule has 0 unspecified atom stereocenters. The molecule has 0 saturated heterocycles. The fourth-order valence-electron chi connectivity index (χ4n) is 2.31. The molecule has 4 aromatic rings. The Labute approximate surface area is 151 Å². The molecule has 4 rings (SSSR count). The van der Waals surface area contributed by atoms with Crippen molar-refractivity contribution in [1.82, 2.24) is 30.3 Å². The van der Waals surface area contributed by atoms with Gasteiger partial charge in [0.05, 0.1) is 10.6 Å². The standard InChI is InChI=1S/C16H13N7O2S/c24-14(6-7-15-19-16(20-25-15)13-5-2-8-26-13)18-11-3-1-4-12(9-11)23-10-17-21-22-23/h1-5,8-10H,6-7H2,(H,18,24). The van der Waals surface area contributed by atoms with E-state index < -0.39 is 0 Å². The highest BCUT2D eigenvalue weighted by atomic mass is 32.1. The van der Waals surface area contributed by atoms with Gasteiger partial charge in [-0.15, -0.1) is 16.4 Å². The number of aromatic nitrogens is 6. The van der Waals surface area contributed by atoms with Crippen LogP contribution in [0.3, 0.4) is 0 Å². The monoisotopic (exact) mass is 367 g/mol. The van der Waals surface area contributed by atoms with E-state index in [2.05, 4.69) is 31.0 Å². The van der Waals surface area contributed by atoms with Crippen LogP contribution in [0, 0.1) is 0 Å². The second-order valence-electron chi connectivity index (χ2n) is 5.34. The van der Waals surface area contributed by atoms with Gasteiger partial charge in [0.1, 0.15) is 6.33 Å². The number of nitrogens with zero attached hydrogens (tertiary/aromatic N) is 6. The van der Waals surface area contributed by atoms with Crippen molar-refractivity contribution >= 4 is 22.9 Å². The quantitative estimate of drug-likeness (QED) is 0.557. The van der Waals surface area contributed by atoms with Gasteiger partial charge in [0.15, 0.2) is 0 Å². The molecule has 1 aromatic carbocycles. The minimum Gasteiger partial charge on any atom is -0.339 e. The fraction of sp³-hybridized carbons (Fsp3) is 0.125. The molecule has 1 N–H and O–H groups in total. The van der Waals surface area contributed by atoms with Crippen LogP contribution in [0.5, 0.6) is 0 Å². The Morgan fingerprint density at radius 2 is 2.23 bits per heavy atom. The van der Waals surface area contributed by atoms with Crippen LogP contribution in [-0.2, 0) is 11.2 Å². The molecule has 0 spiro atoms. The Hall–Kier alpha value is -3.40. The van der Waals surface area contributed by atoms with Crippen molar-refractivity contribution in [1.29, 1.82) is 0 Å². The molecule has 0 bridgehead atoms. The predicted octanol–water partition coefficient (Wildman–Crippen LogP) is 2.35. The molecule has 3 heterocycles. The van der Waals surface area contributed by atoms with Crippen LogP contribution in [0.2, 0.25) is 0 Å². The lowest BCUT2D eigenvalue weighted by molar-refractivity contribution is -0.116. The third-order valence-corrected chi connectivity index (χ3v) is 4.38. The van der Waals surface area contributed by atoms with Gasteiger partial charge < -0.3 is 9.84 Å². The van der Waals surface area contributed by atoms with Gasteiger partial charge in [-0.05, 0) is 40.1 Å². The third kappa shape index (κ3) is 3.64. The number of rotatable bonds is 6.